The van der Waals surface area contributed by atoms with Crippen molar-refractivity contribution >= 4 is 28.6 Å². The van der Waals surface area contributed by atoms with Gasteiger partial charge in [-0.2, -0.15) is 0 Å². The summed E-state index contributed by atoms with van der Waals surface area (Å²) >= 11 is 6.52. The number of rotatable bonds is 6. The number of hydrogen-bond acceptors (Lipinski definition) is 8. The van der Waals surface area contributed by atoms with Crippen molar-refractivity contribution in [2.75, 3.05) is 11.9 Å². The summed E-state index contributed by atoms with van der Waals surface area (Å²) in [7, 11) is 0. The molecule has 0 spiro atoms. The van der Waals surface area contributed by atoms with Gasteiger partial charge in [-0.1, -0.05) is 41.9 Å². The molecule has 2 aliphatic rings. The second kappa shape index (κ2) is 9.74. The van der Waals surface area contributed by atoms with Gasteiger partial charge in [0.25, 0.3) is 0 Å². The Labute approximate surface area is 236 Å². The molecule has 0 saturated carbocycles. The second-order valence-corrected chi connectivity index (χ2v) is 11.7. The van der Waals surface area contributed by atoms with E-state index < -0.39 is 35.5 Å². The number of imidazole rings is 1. The average Bonchev–Trinajstić information content (AvgIpc) is 3.50. The molecule has 40 heavy (non-hydrogen) atoms. The highest BCUT2D eigenvalue weighted by Crippen LogP contribution is 2.44. The molecule has 4 atom stereocenters. The van der Waals surface area contributed by atoms with Crippen LogP contribution in [0.15, 0.2) is 48.7 Å². The van der Waals surface area contributed by atoms with Crippen molar-refractivity contribution in [3.8, 4) is 11.3 Å². The van der Waals surface area contributed by atoms with Crippen LogP contribution in [-0.2, 0) is 20.7 Å². The molecule has 2 aromatic carbocycles. The fourth-order valence-corrected chi connectivity index (χ4v) is 5.84. The molecule has 2 aromatic heterocycles. The average molecular weight is 568 g/mol. The quantitative estimate of drug-likeness (QED) is 0.301. The number of fused-ring (bicyclic) bond motifs is 3. The first-order valence-electron chi connectivity index (χ1n) is 13.2. The van der Waals surface area contributed by atoms with E-state index in [2.05, 4.69) is 20.3 Å². The zero-order valence-corrected chi connectivity index (χ0v) is 23.4. The number of benzene rings is 2. The van der Waals surface area contributed by atoms with E-state index in [0.717, 1.165) is 5.56 Å². The highest BCUT2D eigenvalue weighted by atomic mass is 35.5. The van der Waals surface area contributed by atoms with E-state index >= 15 is 4.39 Å². The van der Waals surface area contributed by atoms with Crippen LogP contribution in [0.3, 0.4) is 0 Å². The van der Waals surface area contributed by atoms with Gasteiger partial charge in [-0.05, 0) is 45.4 Å². The number of aliphatic hydroxyl groups excluding tert-OH is 1. The van der Waals surface area contributed by atoms with Crippen molar-refractivity contribution in [3.05, 3.63) is 70.9 Å². The molecule has 2 fully saturated rings. The standard InChI is InChI=1S/C29H31ClFN5O4/c1-15(2)36-21-11-16(10-19(31)23(21)34-26(36)28(3,4)38)22-18(30)13-32-27(35-22)33-20-12-29(17-8-6-5-7-9-17)14-39-25(40-29)24(20)37/h5-11,13,15,20,24-25,37-38H,12,14H2,1-4H3,(H,32,33,35)/t20?,24-,25+,29?/m0/s1. The Morgan fingerprint density at radius 2 is 1.95 bits per heavy atom. The van der Waals surface area contributed by atoms with Gasteiger partial charge in [0.1, 0.15) is 28.6 Å². The van der Waals surface area contributed by atoms with Crippen LogP contribution < -0.4 is 5.32 Å². The Bertz CT molecular complexity index is 1570. The molecular formula is C29H31ClFN5O4. The lowest BCUT2D eigenvalue weighted by atomic mass is 9.84. The SMILES string of the molecule is CC(C)n1c(C(C)(C)O)nc2c(F)cc(-c3nc(NC4CC5(c6ccccc6)CO[C@H](O5)[C@H]4O)ncc3Cl)cc21. The van der Waals surface area contributed by atoms with Gasteiger partial charge in [-0.3, -0.25) is 0 Å². The van der Waals surface area contributed by atoms with Crippen molar-refractivity contribution in [2.24, 2.45) is 0 Å². The summed E-state index contributed by atoms with van der Waals surface area (Å²) < 4.78 is 29.1. The van der Waals surface area contributed by atoms with E-state index in [1.807, 2.05) is 48.7 Å². The summed E-state index contributed by atoms with van der Waals surface area (Å²) in [6.45, 7) is 7.45. The maximum atomic E-state index is 15.4. The van der Waals surface area contributed by atoms with E-state index in [0.29, 0.717) is 35.6 Å². The molecule has 2 aliphatic heterocycles. The minimum absolute atomic E-state index is 0.0938. The molecule has 2 unspecified atom stereocenters. The Kier molecular flexibility index (Phi) is 6.59. The monoisotopic (exact) mass is 567 g/mol. The fourth-order valence-electron chi connectivity index (χ4n) is 5.64. The van der Waals surface area contributed by atoms with Gasteiger partial charge in [0.05, 0.1) is 35.1 Å². The van der Waals surface area contributed by atoms with Crippen molar-refractivity contribution in [1.29, 1.82) is 0 Å². The molecule has 11 heteroatoms. The van der Waals surface area contributed by atoms with Gasteiger partial charge in [-0.25, -0.2) is 19.3 Å². The lowest BCUT2D eigenvalue weighted by Crippen LogP contribution is -2.51. The van der Waals surface area contributed by atoms with Crippen molar-refractivity contribution in [2.45, 2.75) is 69.8 Å². The summed E-state index contributed by atoms with van der Waals surface area (Å²) in [5.74, 6) is 0.0328. The largest absolute Gasteiger partial charge is 0.386 e. The van der Waals surface area contributed by atoms with Crippen LogP contribution in [0.1, 0.15) is 51.5 Å². The number of hydrogen-bond donors (Lipinski definition) is 3. The van der Waals surface area contributed by atoms with Gasteiger partial charge in [0.15, 0.2) is 12.1 Å². The molecule has 210 valence electrons. The van der Waals surface area contributed by atoms with Crippen molar-refractivity contribution in [3.63, 3.8) is 0 Å². The number of aliphatic hydroxyl groups is 2. The normalized spacial score (nSPS) is 24.7. The third-order valence-electron chi connectivity index (χ3n) is 7.51. The third kappa shape index (κ3) is 4.53. The maximum Gasteiger partial charge on any atom is 0.223 e. The molecule has 3 N–H and O–H groups in total. The summed E-state index contributed by atoms with van der Waals surface area (Å²) in [5.41, 5.74) is 0.407. The molecule has 0 amide bonds. The first-order chi connectivity index (χ1) is 19.0. The fraction of sp³-hybridized carbons (Fsp3) is 0.414. The van der Waals surface area contributed by atoms with Crippen LogP contribution >= 0.6 is 11.6 Å². The summed E-state index contributed by atoms with van der Waals surface area (Å²) in [6.07, 6.45) is 0.108. The number of aromatic nitrogens is 4. The molecule has 0 aliphatic carbocycles. The van der Waals surface area contributed by atoms with Crippen LogP contribution in [0.2, 0.25) is 5.02 Å². The van der Waals surface area contributed by atoms with Gasteiger partial charge in [-0.15, -0.1) is 0 Å². The minimum Gasteiger partial charge on any atom is -0.386 e. The number of halogens is 2. The van der Waals surface area contributed by atoms with Crippen LogP contribution in [-0.4, -0.2) is 54.8 Å². The molecule has 4 aromatic rings. The van der Waals surface area contributed by atoms with E-state index in [4.69, 9.17) is 21.1 Å². The number of ether oxygens (including phenoxy) is 2. The molecule has 4 heterocycles. The zero-order valence-electron chi connectivity index (χ0n) is 22.6. The smallest absolute Gasteiger partial charge is 0.223 e. The zero-order chi connectivity index (χ0) is 28.4. The second-order valence-electron chi connectivity index (χ2n) is 11.3. The van der Waals surface area contributed by atoms with Crippen molar-refractivity contribution < 1.29 is 24.1 Å². The molecular weight excluding hydrogens is 537 g/mol. The van der Waals surface area contributed by atoms with E-state index in [1.54, 1.807) is 19.9 Å². The predicted octanol–water partition coefficient (Wildman–Crippen LogP) is 4.91. The number of nitrogens with zero attached hydrogens (tertiary/aromatic N) is 4. The van der Waals surface area contributed by atoms with E-state index in [1.165, 1.54) is 12.3 Å². The van der Waals surface area contributed by atoms with E-state index in [9.17, 15) is 10.2 Å². The summed E-state index contributed by atoms with van der Waals surface area (Å²) in [6, 6.07) is 12.3. The molecule has 6 rings (SSSR count). The van der Waals surface area contributed by atoms with Gasteiger partial charge < -0.3 is 29.6 Å². The third-order valence-corrected chi connectivity index (χ3v) is 7.78. The van der Waals surface area contributed by atoms with Gasteiger partial charge >= 0.3 is 0 Å². The summed E-state index contributed by atoms with van der Waals surface area (Å²) in [4.78, 5) is 13.4. The maximum absolute atomic E-state index is 15.4. The van der Waals surface area contributed by atoms with Crippen LogP contribution in [0.25, 0.3) is 22.3 Å². The van der Waals surface area contributed by atoms with E-state index in [-0.39, 0.29) is 22.5 Å². The molecule has 0 radical (unpaired) electrons. The lowest BCUT2D eigenvalue weighted by Gasteiger charge is -2.39. The Morgan fingerprint density at radius 3 is 2.65 bits per heavy atom. The lowest BCUT2D eigenvalue weighted by molar-refractivity contribution is -0.186. The van der Waals surface area contributed by atoms with Gasteiger partial charge in [0.2, 0.25) is 5.95 Å². The van der Waals surface area contributed by atoms with Crippen molar-refractivity contribution in [1.82, 2.24) is 19.5 Å². The number of anilines is 1. The molecule has 2 saturated heterocycles. The minimum atomic E-state index is -1.27. The first kappa shape index (κ1) is 27.0. The predicted molar refractivity (Wildman–Crippen MR) is 148 cm³/mol. The topological polar surface area (TPSA) is 115 Å². The first-order valence-corrected chi connectivity index (χ1v) is 13.6. The van der Waals surface area contributed by atoms with Crippen LogP contribution in [0.5, 0.6) is 0 Å². The highest BCUT2D eigenvalue weighted by molar-refractivity contribution is 6.33. The van der Waals surface area contributed by atoms with Gasteiger partial charge in [0, 0.05) is 18.0 Å². The van der Waals surface area contributed by atoms with Crippen LogP contribution in [0.4, 0.5) is 10.3 Å². The van der Waals surface area contributed by atoms with Crippen LogP contribution in [0, 0.1) is 5.82 Å². The molecule has 9 nitrogen and oxygen atoms in total. The Hall–Kier alpha value is -3.15. The highest BCUT2D eigenvalue weighted by Gasteiger charge is 2.54. The molecule has 2 bridgehead atoms. The Balaban J connectivity index is 1.36. The Morgan fingerprint density at radius 1 is 1.20 bits per heavy atom. The number of nitrogens with one attached hydrogen (secondary N) is 1. The summed E-state index contributed by atoms with van der Waals surface area (Å²) in [5, 5.41) is 25.1.